The molecular weight excluding hydrogens is 227 g/mol. The van der Waals surface area contributed by atoms with Gasteiger partial charge in [-0.2, -0.15) is 0 Å². The molecule has 0 aliphatic carbocycles. The molecule has 1 heterocycles. The van der Waals surface area contributed by atoms with Gasteiger partial charge in [0.15, 0.2) is 0 Å². The van der Waals surface area contributed by atoms with Crippen LogP contribution in [0.3, 0.4) is 0 Å². The molecule has 0 unspecified atom stereocenters. The number of thiocarbonyl (C=S) groups is 1. The Morgan fingerprint density at radius 1 is 1.73 bits per heavy atom. The van der Waals surface area contributed by atoms with Crippen molar-refractivity contribution in [3.8, 4) is 0 Å². The summed E-state index contributed by atoms with van der Waals surface area (Å²) in [5.41, 5.74) is 5.22. The van der Waals surface area contributed by atoms with Gasteiger partial charge in [-0.25, -0.2) is 0 Å². The highest BCUT2D eigenvalue weighted by Crippen LogP contribution is 2.43. The largest absolute Gasteiger partial charge is 0.313 e. The second-order valence-electron chi connectivity index (χ2n) is 1.80. The summed E-state index contributed by atoms with van der Waals surface area (Å²) in [5.74, 6) is -0.460. The van der Waals surface area contributed by atoms with Gasteiger partial charge in [0.25, 0.3) is 5.91 Å². The van der Waals surface area contributed by atoms with E-state index in [1.807, 2.05) is 0 Å². The van der Waals surface area contributed by atoms with E-state index >= 15 is 0 Å². The fourth-order valence-electron chi connectivity index (χ4n) is 0.606. The predicted molar refractivity (Wildman–Crippen MR) is 50.5 cm³/mol. The van der Waals surface area contributed by atoms with Gasteiger partial charge in [0.05, 0.1) is 6.67 Å². The maximum Gasteiger partial charge on any atom is 0.276 e. The van der Waals surface area contributed by atoms with Crippen LogP contribution >= 0.6 is 47.2 Å². The maximum absolute atomic E-state index is 11.1. The van der Waals surface area contributed by atoms with E-state index in [4.69, 9.17) is 41.2 Å². The van der Waals surface area contributed by atoms with Crippen LogP contribution in [0.25, 0.3) is 0 Å². The monoisotopic (exact) mass is 230 g/mol. The van der Waals surface area contributed by atoms with Crippen molar-refractivity contribution in [2.45, 2.75) is 3.67 Å². The molecule has 0 radical (unpaired) electrons. The number of carbonyl (C=O) groups excluding carboxylic acids is 1. The van der Waals surface area contributed by atoms with Crippen molar-refractivity contribution in [2.75, 3.05) is 6.67 Å². The van der Waals surface area contributed by atoms with Crippen LogP contribution in [-0.4, -0.2) is 25.5 Å². The molecule has 3 nitrogen and oxygen atoms in total. The van der Waals surface area contributed by atoms with Gasteiger partial charge in [-0.05, 0) is 11.8 Å². The third-order valence-electron chi connectivity index (χ3n) is 1.11. The number of halogens is 2. The quantitative estimate of drug-likeness (QED) is 0.538. The van der Waals surface area contributed by atoms with Crippen LogP contribution < -0.4 is 5.73 Å². The molecular formula is C4H4Cl2N2OS2. The molecule has 11 heavy (non-hydrogen) atoms. The van der Waals surface area contributed by atoms with Gasteiger partial charge in [0.2, 0.25) is 3.67 Å². The van der Waals surface area contributed by atoms with Crippen molar-refractivity contribution in [3.63, 3.8) is 0 Å². The zero-order valence-corrected chi connectivity index (χ0v) is 8.36. The van der Waals surface area contributed by atoms with Crippen molar-refractivity contribution < 1.29 is 4.79 Å². The molecule has 0 spiro atoms. The predicted octanol–water partition coefficient (Wildman–Crippen LogP) is 0.894. The lowest BCUT2D eigenvalue weighted by atomic mass is 10.6. The van der Waals surface area contributed by atoms with Gasteiger partial charge in [0, 0.05) is 0 Å². The number of amides is 1. The summed E-state index contributed by atoms with van der Waals surface area (Å²) in [5, 5.41) is 0. The number of nitrogens with zero attached hydrogens (tertiary/aromatic N) is 1. The van der Waals surface area contributed by atoms with E-state index in [1.165, 1.54) is 4.90 Å². The summed E-state index contributed by atoms with van der Waals surface area (Å²) in [6, 6.07) is 0. The highest BCUT2D eigenvalue weighted by Gasteiger charge is 2.47. The third kappa shape index (κ3) is 1.62. The maximum atomic E-state index is 11.1. The number of nitrogens with two attached hydrogens (primary N) is 1. The van der Waals surface area contributed by atoms with Crippen molar-refractivity contribution in [2.24, 2.45) is 5.73 Å². The fraction of sp³-hybridized carbons (Fsp3) is 0.500. The van der Waals surface area contributed by atoms with Gasteiger partial charge in [-0.1, -0.05) is 35.4 Å². The van der Waals surface area contributed by atoms with Gasteiger partial charge in [-0.15, -0.1) is 0 Å². The molecule has 0 saturated carbocycles. The minimum atomic E-state index is -1.48. The second kappa shape index (κ2) is 3.06. The zero-order valence-electron chi connectivity index (χ0n) is 5.21. The molecule has 1 aliphatic rings. The lowest BCUT2D eigenvalue weighted by molar-refractivity contribution is -0.125. The smallest absolute Gasteiger partial charge is 0.276 e. The van der Waals surface area contributed by atoms with E-state index in [1.54, 1.807) is 0 Å². The first-order chi connectivity index (χ1) is 4.99. The summed E-state index contributed by atoms with van der Waals surface area (Å²) in [7, 11) is 0. The minimum Gasteiger partial charge on any atom is -0.313 e. The van der Waals surface area contributed by atoms with Crippen LogP contribution in [0.4, 0.5) is 0 Å². The number of hydrogen-bond donors (Lipinski definition) is 1. The standard InChI is InChI=1S/C4H4Cl2N2OS2/c5-4(6)2(9)8(1-7)3(10)11-4/h1,7H2. The van der Waals surface area contributed by atoms with E-state index in [2.05, 4.69) is 0 Å². The first-order valence-corrected chi connectivity index (χ1v) is 4.60. The fourth-order valence-corrected chi connectivity index (χ4v) is 2.74. The van der Waals surface area contributed by atoms with E-state index in [9.17, 15) is 4.79 Å². The lowest BCUT2D eigenvalue weighted by Gasteiger charge is -2.11. The molecule has 0 bridgehead atoms. The number of alkyl halides is 2. The molecule has 1 fully saturated rings. The Morgan fingerprint density at radius 2 is 2.27 bits per heavy atom. The summed E-state index contributed by atoms with van der Waals surface area (Å²) in [6.45, 7) is 0.0197. The Balaban J connectivity index is 2.88. The molecule has 0 aromatic heterocycles. The Hall–Kier alpha value is 0.450. The first kappa shape index (κ1) is 9.54. The topological polar surface area (TPSA) is 46.3 Å². The van der Waals surface area contributed by atoms with Crippen molar-refractivity contribution in [3.05, 3.63) is 0 Å². The molecule has 1 saturated heterocycles. The van der Waals surface area contributed by atoms with Crippen molar-refractivity contribution in [1.82, 2.24) is 4.90 Å². The molecule has 7 heteroatoms. The van der Waals surface area contributed by atoms with E-state index in [0.29, 0.717) is 4.32 Å². The Labute approximate surface area is 83.2 Å². The molecule has 0 atom stereocenters. The highest BCUT2D eigenvalue weighted by molar-refractivity contribution is 8.26. The average Bonchev–Trinajstić information content (AvgIpc) is 2.04. The van der Waals surface area contributed by atoms with Gasteiger partial charge in [0.1, 0.15) is 4.32 Å². The minimum absolute atomic E-state index is 0.0197. The van der Waals surface area contributed by atoms with Crippen LogP contribution in [0.5, 0.6) is 0 Å². The summed E-state index contributed by atoms with van der Waals surface area (Å²) in [4.78, 5) is 12.3. The lowest BCUT2D eigenvalue weighted by Crippen LogP contribution is -2.37. The van der Waals surface area contributed by atoms with Crippen molar-refractivity contribution >= 4 is 57.4 Å². The molecule has 62 valence electrons. The van der Waals surface area contributed by atoms with Crippen LogP contribution in [0.1, 0.15) is 0 Å². The van der Waals surface area contributed by atoms with E-state index in [-0.39, 0.29) is 6.67 Å². The number of hydrogen-bond acceptors (Lipinski definition) is 4. The average molecular weight is 231 g/mol. The molecule has 2 N–H and O–H groups in total. The van der Waals surface area contributed by atoms with Crippen LogP contribution in [-0.2, 0) is 4.79 Å². The normalized spacial score (nSPS) is 23.0. The van der Waals surface area contributed by atoms with E-state index < -0.39 is 9.57 Å². The van der Waals surface area contributed by atoms with Gasteiger partial charge < -0.3 is 5.73 Å². The Kier molecular flexibility index (Phi) is 2.66. The van der Waals surface area contributed by atoms with E-state index in [0.717, 1.165) is 11.8 Å². The number of carbonyl (C=O) groups is 1. The van der Waals surface area contributed by atoms with Crippen LogP contribution in [0.15, 0.2) is 0 Å². The molecule has 1 amide bonds. The zero-order chi connectivity index (χ0) is 8.65. The molecule has 0 aromatic rings. The summed E-state index contributed by atoms with van der Waals surface area (Å²) >= 11 is 16.9. The van der Waals surface area contributed by atoms with Crippen LogP contribution in [0, 0.1) is 0 Å². The first-order valence-electron chi connectivity index (χ1n) is 2.62. The van der Waals surface area contributed by atoms with Crippen molar-refractivity contribution in [1.29, 1.82) is 0 Å². The molecule has 1 aliphatic heterocycles. The SMILES string of the molecule is NCN1C(=O)C(Cl)(Cl)SC1=S. The Bertz CT molecular complexity index is 220. The van der Waals surface area contributed by atoms with Gasteiger partial charge in [-0.3, -0.25) is 9.69 Å². The summed E-state index contributed by atoms with van der Waals surface area (Å²) < 4.78 is -1.15. The van der Waals surface area contributed by atoms with Crippen LogP contribution in [0.2, 0.25) is 0 Å². The second-order valence-corrected chi connectivity index (χ2v) is 5.42. The molecule has 0 aromatic carbocycles. The molecule has 1 rings (SSSR count). The Morgan fingerprint density at radius 3 is 2.45 bits per heavy atom. The number of thioether (sulfide) groups is 1. The summed E-state index contributed by atoms with van der Waals surface area (Å²) in [6.07, 6.45) is 0. The van der Waals surface area contributed by atoms with Gasteiger partial charge >= 0.3 is 0 Å². The highest BCUT2D eigenvalue weighted by atomic mass is 35.5. The number of rotatable bonds is 1. The third-order valence-corrected chi connectivity index (χ3v) is 3.20.